The van der Waals surface area contributed by atoms with Crippen molar-refractivity contribution in [2.24, 2.45) is 0 Å². The molecular weight excluding hydrogens is 168 g/mol. The van der Waals surface area contributed by atoms with Crippen LogP contribution >= 0.6 is 0 Å². The summed E-state index contributed by atoms with van der Waals surface area (Å²) in [6.07, 6.45) is 6.72. The second-order valence-electron chi connectivity index (χ2n) is 4.58. The van der Waals surface area contributed by atoms with Gasteiger partial charge in [-0.25, -0.2) is 0 Å². The molecule has 0 unspecified atom stereocenters. The number of hydrogen-bond acceptors (Lipinski definition) is 0. The van der Waals surface area contributed by atoms with Crippen molar-refractivity contribution in [1.29, 1.82) is 0 Å². The SMILES string of the molecule is Cc1cccc2c1C1=C(CCCC1)C2. The molecule has 0 fully saturated rings. The van der Waals surface area contributed by atoms with E-state index in [4.69, 9.17) is 0 Å². The van der Waals surface area contributed by atoms with E-state index in [-0.39, 0.29) is 0 Å². The van der Waals surface area contributed by atoms with Crippen LogP contribution in [0.5, 0.6) is 0 Å². The first kappa shape index (κ1) is 8.28. The maximum Gasteiger partial charge on any atom is -0.00549 e. The van der Waals surface area contributed by atoms with Gasteiger partial charge in [-0.05, 0) is 61.3 Å². The molecule has 0 bridgehead atoms. The average molecular weight is 184 g/mol. The molecule has 0 radical (unpaired) electrons. The lowest BCUT2D eigenvalue weighted by atomic mass is 9.90. The molecule has 0 aliphatic heterocycles. The van der Waals surface area contributed by atoms with Crippen LogP contribution in [-0.4, -0.2) is 0 Å². The number of aryl methyl sites for hydroxylation is 1. The predicted molar refractivity (Wildman–Crippen MR) is 60.3 cm³/mol. The third kappa shape index (κ3) is 1.06. The van der Waals surface area contributed by atoms with Crippen LogP contribution < -0.4 is 0 Å². The number of benzene rings is 1. The van der Waals surface area contributed by atoms with E-state index in [1.165, 1.54) is 37.7 Å². The number of fused-ring (bicyclic) bond motifs is 2. The van der Waals surface area contributed by atoms with Crippen LogP contribution in [0.25, 0.3) is 5.57 Å². The molecule has 0 amide bonds. The topological polar surface area (TPSA) is 0 Å². The van der Waals surface area contributed by atoms with E-state index in [2.05, 4.69) is 25.1 Å². The first-order chi connectivity index (χ1) is 6.86. The van der Waals surface area contributed by atoms with Crippen LogP contribution in [0.15, 0.2) is 23.8 Å². The van der Waals surface area contributed by atoms with Crippen LogP contribution in [0.4, 0.5) is 0 Å². The fraction of sp³-hybridized carbons (Fsp3) is 0.429. The van der Waals surface area contributed by atoms with Crippen molar-refractivity contribution < 1.29 is 0 Å². The van der Waals surface area contributed by atoms with Crippen LogP contribution in [0.1, 0.15) is 42.4 Å². The Morgan fingerprint density at radius 2 is 1.93 bits per heavy atom. The lowest BCUT2D eigenvalue weighted by molar-refractivity contribution is 0.711. The third-order valence-corrected chi connectivity index (χ3v) is 3.65. The van der Waals surface area contributed by atoms with Crippen molar-refractivity contribution >= 4 is 5.57 Å². The predicted octanol–water partition coefficient (Wildman–Crippen LogP) is 3.88. The van der Waals surface area contributed by atoms with E-state index in [1.54, 1.807) is 22.3 Å². The minimum absolute atomic E-state index is 1.24. The smallest absolute Gasteiger partial charge is 0.00549 e. The Kier molecular flexibility index (Phi) is 1.76. The summed E-state index contributed by atoms with van der Waals surface area (Å²) < 4.78 is 0. The standard InChI is InChI=1S/C14H16/c1-10-5-4-7-12-9-11-6-2-3-8-13(11)14(10)12/h4-5,7H,2-3,6,8-9H2,1H3. The van der Waals surface area contributed by atoms with Gasteiger partial charge in [0.15, 0.2) is 0 Å². The number of rotatable bonds is 0. The van der Waals surface area contributed by atoms with Gasteiger partial charge in [0.05, 0.1) is 0 Å². The molecule has 0 N–H and O–H groups in total. The Bertz CT molecular complexity index is 410. The summed E-state index contributed by atoms with van der Waals surface area (Å²) in [5.74, 6) is 0. The first-order valence-electron chi connectivity index (χ1n) is 5.66. The van der Waals surface area contributed by atoms with Crippen LogP contribution in [0, 0.1) is 6.92 Å². The highest BCUT2D eigenvalue weighted by atomic mass is 14.3. The zero-order chi connectivity index (χ0) is 9.54. The van der Waals surface area contributed by atoms with E-state index in [1.807, 2.05) is 0 Å². The summed E-state index contributed by atoms with van der Waals surface area (Å²) in [6, 6.07) is 6.76. The molecule has 1 aromatic rings. The molecule has 0 heterocycles. The van der Waals surface area contributed by atoms with Gasteiger partial charge < -0.3 is 0 Å². The molecule has 0 atom stereocenters. The lowest BCUT2D eigenvalue weighted by Crippen LogP contribution is -1.94. The normalized spacial score (nSPS) is 19.5. The van der Waals surface area contributed by atoms with Crippen LogP contribution in [-0.2, 0) is 6.42 Å². The van der Waals surface area contributed by atoms with Gasteiger partial charge in [-0.3, -0.25) is 0 Å². The van der Waals surface area contributed by atoms with Gasteiger partial charge in [0.2, 0.25) is 0 Å². The summed E-state index contributed by atoms with van der Waals surface area (Å²) in [5.41, 5.74) is 8.10. The van der Waals surface area contributed by atoms with Gasteiger partial charge >= 0.3 is 0 Å². The Morgan fingerprint density at radius 1 is 1.07 bits per heavy atom. The second-order valence-corrected chi connectivity index (χ2v) is 4.58. The quantitative estimate of drug-likeness (QED) is 0.574. The van der Waals surface area contributed by atoms with Crippen LogP contribution in [0.3, 0.4) is 0 Å². The lowest BCUT2D eigenvalue weighted by Gasteiger charge is -2.15. The molecule has 14 heavy (non-hydrogen) atoms. The van der Waals surface area contributed by atoms with E-state index >= 15 is 0 Å². The van der Waals surface area contributed by atoms with Crippen molar-refractivity contribution in [2.75, 3.05) is 0 Å². The van der Waals surface area contributed by atoms with Gasteiger partial charge in [0.25, 0.3) is 0 Å². The minimum Gasteiger partial charge on any atom is -0.0620 e. The molecular formula is C14H16. The number of allylic oxidation sites excluding steroid dienone is 2. The summed E-state index contributed by atoms with van der Waals surface area (Å²) in [5, 5.41) is 0. The summed E-state index contributed by atoms with van der Waals surface area (Å²) in [7, 11) is 0. The summed E-state index contributed by atoms with van der Waals surface area (Å²) in [6.45, 7) is 2.25. The Hall–Kier alpha value is -1.04. The maximum absolute atomic E-state index is 2.31. The molecule has 0 saturated carbocycles. The molecule has 0 saturated heterocycles. The zero-order valence-electron chi connectivity index (χ0n) is 8.77. The highest BCUT2D eigenvalue weighted by Crippen LogP contribution is 2.42. The number of hydrogen-bond donors (Lipinski definition) is 0. The van der Waals surface area contributed by atoms with Crippen molar-refractivity contribution in [3.05, 3.63) is 40.5 Å². The van der Waals surface area contributed by atoms with E-state index < -0.39 is 0 Å². The monoisotopic (exact) mass is 184 g/mol. The molecule has 0 nitrogen and oxygen atoms in total. The Balaban J connectivity index is 2.17. The van der Waals surface area contributed by atoms with E-state index in [0.29, 0.717) is 0 Å². The maximum atomic E-state index is 2.31. The van der Waals surface area contributed by atoms with Gasteiger partial charge in [-0.1, -0.05) is 23.8 Å². The van der Waals surface area contributed by atoms with Crippen molar-refractivity contribution in [1.82, 2.24) is 0 Å². The largest absolute Gasteiger partial charge is 0.0620 e. The first-order valence-corrected chi connectivity index (χ1v) is 5.66. The molecule has 0 heteroatoms. The van der Waals surface area contributed by atoms with Gasteiger partial charge in [-0.15, -0.1) is 0 Å². The van der Waals surface area contributed by atoms with Crippen molar-refractivity contribution in [3.63, 3.8) is 0 Å². The molecule has 72 valence electrons. The zero-order valence-corrected chi connectivity index (χ0v) is 8.77. The molecule has 2 aliphatic carbocycles. The molecule has 3 rings (SSSR count). The van der Waals surface area contributed by atoms with E-state index in [9.17, 15) is 0 Å². The highest BCUT2D eigenvalue weighted by Gasteiger charge is 2.24. The average Bonchev–Trinajstić information content (AvgIpc) is 2.57. The second kappa shape index (κ2) is 2.98. The fourth-order valence-electron chi connectivity index (χ4n) is 3.00. The Labute approximate surface area is 85.6 Å². The van der Waals surface area contributed by atoms with Crippen molar-refractivity contribution in [3.8, 4) is 0 Å². The highest BCUT2D eigenvalue weighted by molar-refractivity contribution is 5.78. The molecule has 0 aromatic heterocycles. The molecule has 1 aromatic carbocycles. The molecule has 2 aliphatic rings. The van der Waals surface area contributed by atoms with Crippen molar-refractivity contribution in [2.45, 2.75) is 39.0 Å². The summed E-state index contributed by atoms with van der Waals surface area (Å²) in [4.78, 5) is 0. The third-order valence-electron chi connectivity index (χ3n) is 3.65. The Morgan fingerprint density at radius 3 is 2.86 bits per heavy atom. The van der Waals surface area contributed by atoms with Gasteiger partial charge in [0, 0.05) is 0 Å². The fourth-order valence-corrected chi connectivity index (χ4v) is 3.00. The van der Waals surface area contributed by atoms with Gasteiger partial charge in [-0.2, -0.15) is 0 Å². The van der Waals surface area contributed by atoms with Crippen LogP contribution in [0.2, 0.25) is 0 Å². The molecule has 0 spiro atoms. The minimum atomic E-state index is 1.24. The van der Waals surface area contributed by atoms with E-state index in [0.717, 1.165) is 0 Å². The van der Waals surface area contributed by atoms with Gasteiger partial charge in [0.1, 0.15) is 0 Å². The summed E-state index contributed by atoms with van der Waals surface area (Å²) >= 11 is 0.